The molecular formula is C8H8BrI. The summed E-state index contributed by atoms with van der Waals surface area (Å²) in [5.74, 6) is 0. The zero-order valence-electron chi connectivity index (χ0n) is 5.70. The summed E-state index contributed by atoms with van der Waals surface area (Å²) >= 11 is 5.84. The number of halogens is 2. The minimum atomic E-state index is 1.11. The molecule has 0 heterocycles. The topological polar surface area (TPSA) is 0 Å². The van der Waals surface area contributed by atoms with E-state index >= 15 is 0 Å². The van der Waals surface area contributed by atoms with Crippen LogP contribution in [0.2, 0.25) is 0 Å². The fourth-order valence-electron chi connectivity index (χ4n) is 0.822. The average molecular weight is 311 g/mol. The Labute approximate surface area is 83.3 Å². The van der Waals surface area contributed by atoms with Crippen molar-refractivity contribution in [1.82, 2.24) is 0 Å². The summed E-state index contributed by atoms with van der Waals surface area (Å²) < 4.78 is 2.54. The van der Waals surface area contributed by atoms with E-state index in [0.717, 1.165) is 6.42 Å². The van der Waals surface area contributed by atoms with Crippen LogP contribution in [0.1, 0.15) is 12.5 Å². The van der Waals surface area contributed by atoms with Gasteiger partial charge >= 0.3 is 0 Å². The van der Waals surface area contributed by atoms with Crippen LogP contribution in [0.5, 0.6) is 0 Å². The van der Waals surface area contributed by atoms with E-state index in [1.807, 2.05) is 0 Å². The fourth-order valence-corrected chi connectivity index (χ4v) is 1.97. The quantitative estimate of drug-likeness (QED) is 0.695. The van der Waals surface area contributed by atoms with Crippen molar-refractivity contribution >= 4 is 38.5 Å². The van der Waals surface area contributed by atoms with E-state index in [2.05, 4.69) is 63.6 Å². The SMILES string of the molecule is CCc1cccc(Br)c1I. The lowest BCUT2D eigenvalue weighted by Crippen LogP contribution is -1.85. The predicted molar refractivity (Wildman–Crippen MR) is 56.2 cm³/mol. The van der Waals surface area contributed by atoms with Gasteiger partial charge in [-0.05, 0) is 56.6 Å². The van der Waals surface area contributed by atoms with Crippen LogP contribution in [-0.4, -0.2) is 0 Å². The summed E-state index contributed by atoms with van der Waals surface area (Å²) in [4.78, 5) is 0. The fraction of sp³-hybridized carbons (Fsp3) is 0.250. The summed E-state index contributed by atoms with van der Waals surface area (Å²) in [6.07, 6.45) is 1.11. The highest BCUT2D eigenvalue weighted by molar-refractivity contribution is 14.1. The van der Waals surface area contributed by atoms with Gasteiger partial charge in [0.05, 0.1) is 0 Å². The largest absolute Gasteiger partial charge is 0.0613 e. The van der Waals surface area contributed by atoms with E-state index in [4.69, 9.17) is 0 Å². The molecule has 0 aliphatic heterocycles. The molecule has 0 aliphatic rings. The Morgan fingerprint density at radius 3 is 2.70 bits per heavy atom. The Morgan fingerprint density at radius 1 is 1.50 bits per heavy atom. The molecule has 0 radical (unpaired) electrons. The lowest BCUT2D eigenvalue weighted by molar-refractivity contribution is 1.12. The van der Waals surface area contributed by atoms with Crippen molar-refractivity contribution < 1.29 is 0 Å². The van der Waals surface area contributed by atoms with Gasteiger partial charge < -0.3 is 0 Å². The Balaban J connectivity index is 3.14. The Morgan fingerprint density at radius 2 is 2.20 bits per heavy atom. The molecule has 0 fully saturated rings. The molecule has 0 amide bonds. The zero-order chi connectivity index (χ0) is 7.56. The number of aryl methyl sites for hydroxylation is 1. The van der Waals surface area contributed by atoms with Gasteiger partial charge in [0.1, 0.15) is 0 Å². The first-order chi connectivity index (χ1) is 4.75. The number of hydrogen-bond donors (Lipinski definition) is 0. The summed E-state index contributed by atoms with van der Waals surface area (Å²) in [6.45, 7) is 2.17. The first-order valence-electron chi connectivity index (χ1n) is 3.18. The second kappa shape index (κ2) is 3.72. The van der Waals surface area contributed by atoms with Crippen molar-refractivity contribution in [3.05, 3.63) is 31.8 Å². The van der Waals surface area contributed by atoms with Crippen LogP contribution in [0.25, 0.3) is 0 Å². The molecule has 0 saturated heterocycles. The molecule has 1 rings (SSSR count). The predicted octanol–water partition coefficient (Wildman–Crippen LogP) is 3.62. The van der Waals surface area contributed by atoms with Crippen molar-refractivity contribution in [1.29, 1.82) is 0 Å². The molecule has 10 heavy (non-hydrogen) atoms. The summed E-state index contributed by atoms with van der Waals surface area (Å²) in [6, 6.07) is 6.30. The number of hydrogen-bond acceptors (Lipinski definition) is 0. The maximum Gasteiger partial charge on any atom is 0.0311 e. The van der Waals surface area contributed by atoms with Crippen molar-refractivity contribution in [2.24, 2.45) is 0 Å². The molecule has 0 spiro atoms. The third-order valence-electron chi connectivity index (χ3n) is 1.41. The second-order valence-electron chi connectivity index (χ2n) is 2.07. The van der Waals surface area contributed by atoms with E-state index in [-0.39, 0.29) is 0 Å². The molecule has 0 N–H and O–H groups in total. The molecule has 0 aliphatic carbocycles. The molecule has 0 unspecified atom stereocenters. The van der Waals surface area contributed by atoms with Crippen LogP contribution >= 0.6 is 38.5 Å². The van der Waals surface area contributed by atoms with Gasteiger partial charge in [-0.1, -0.05) is 19.1 Å². The van der Waals surface area contributed by atoms with Crippen molar-refractivity contribution in [2.75, 3.05) is 0 Å². The second-order valence-corrected chi connectivity index (χ2v) is 4.00. The van der Waals surface area contributed by atoms with E-state index in [9.17, 15) is 0 Å². The van der Waals surface area contributed by atoms with Crippen molar-refractivity contribution in [3.63, 3.8) is 0 Å². The Bertz CT molecular complexity index is 233. The number of rotatable bonds is 1. The standard InChI is InChI=1S/C8H8BrI/c1-2-6-4-3-5-7(9)8(6)10/h3-5H,2H2,1H3. The van der Waals surface area contributed by atoms with E-state index in [0.29, 0.717) is 0 Å². The molecule has 0 saturated carbocycles. The molecule has 54 valence electrons. The van der Waals surface area contributed by atoms with Gasteiger partial charge in [-0.15, -0.1) is 0 Å². The van der Waals surface area contributed by atoms with E-state index in [1.54, 1.807) is 0 Å². The Kier molecular flexibility index (Phi) is 3.17. The highest BCUT2D eigenvalue weighted by Gasteiger charge is 1.98. The van der Waals surface area contributed by atoms with Gasteiger partial charge in [-0.3, -0.25) is 0 Å². The molecule has 0 nitrogen and oxygen atoms in total. The molecule has 1 aromatic carbocycles. The average Bonchev–Trinajstić information content (AvgIpc) is 1.95. The van der Waals surface area contributed by atoms with Gasteiger partial charge in [0.25, 0.3) is 0 Å². The maximum absolute atomic E-state index is 3.48. The first-order valence-corrected chi connectivity index (χ1v) is 5.05. The van der Waals surface area contributed by atoms with Gasteiger partial charge in [-0.2, -0.15) is 0 Å². The van der Waals surface area contributed by atoms with Gasteiger partial charge in [0.2, 0.25) is 0 Å². The summed E-state index contributed by atoms with van der Waals surface area (Å²) in [7, 11) is 0. The molecule has 0 atom stereocenters. The van der Waals surface area contributed by atoms with Crippen LogP contribution in [0.3, 0.4) is 0 Å². The monoisotopic (exact) mass is 310 g/mol. The minimum absolute atomic E-state index is 1.11. The summed E-state index contributed by atoms with van der Waals surface area (Å²) in [5, 5.41) is 0. The minimum Gasteiger partial charge on any atom is -0.0613 e. The van der Waals surface area contributed by atoms with Gasteiger partial charge in [0.15, 0.2) is 0 Å². The van der Waals surface area contributed by atoms with Gasteiger partial charge in [-0.25, -0.2) is 0 Å². The van der Waals surface area contributed by atoms with Crippen molar-refractivity contribution in [2.45, 2.75) is 13.3 Å². The van der Waals surface area contributed by atoms with Crippen LogP contribution in [-0.2, 0) is 6.42 Å². The van der Waals surface area contributed by atoms with Crippen LogP contribution < -0.4 is 0 Å². The number of benzene rings is 1. The molecule has 1 aromatic rings. The lowest BCUT2D eigenvalue weighted by atomic mass is 10.2. The first kappa shape index (κ1) is 8.53. The third-order valence-corrected chi connectivity index (χ3v) is 4.09. The molecule has 2 heteroatoms. The maximum atomic E-state index is 3.48. The third kappa shape index (κ3) is 1.72. The van der Waals surface area contributed by atoms with E-state index in [1.165, 1.54) is 13.6 Å². The molecule has 0 aromatic heterocycles. The molecular weight excluding hydrogens is 303 g/mol. The van der Waals surface area contributed by atoms with Gasteiger partial charge in [0, 0.05) is 8.04 Å². The Hall–Kier alpha value is 0.430. The van der Waals surface area contributed by atoms with Crippen LogP contribution in [0, 0.1) is 3.57 Å². The smallest absolute Gasteiger partial charge is 0.0311 e. The van der Waals surface area contributed by atoms with Crippen LogP contribution in [0.4, 0.5) is 0 Å². The highest BCUT2D eigenvalue weighted by atomic mass is 127. The zero-order valence-corrected chi connectivity index (χ0v) is 9.44. The highest BCUT2D eigenvalue weighted by Crippen LogP contribution is 2.22. The van der Waals surface area contributed by atoms with Crippen LogP contribution in [0.15, 0.2) is 22.7 Å². The lowest BCUT2D eigenvalue weighted by Gasteiger charge is -2.01. The van der Waals surface area contributed by atoms with E-state index < -0.39 is 0 Å². The molecule has 0 bridgehead atoms. The normalized spacial score (nSPS) is 9.90. The summed E-state index contributed by atoms with van der Waals surface area (Å²) in [5.41, 5.74) is 1.41. The van der Waals surface area contributed by atoms with Crippen molar-refractivity contribution in [3.8, 4) is 0 Å².